The molecule has 5 nitrogen and oxygen atoms in total. The number of fused-ring (bicyclic) bond motifs is 1. The Bertz CT molecular complexity index is 908. The second-order valence-corrected chi connectivity index (χ2v) is 8.28. The summed E-state index contributed by atoms with van der Waals surface area (Å²) in [6.45, 7) is 1.19. The summed E-state index contributed by atoms with van der Waals surface area (Å²) in [7, 11) is 0. The Kier molecular flexibility index (Phi) is 4.25. The van der Waals surface area contributed by atoms with E-state index in [1.54, 1.807) is 11.0 Å². The van der Waals surface area contributed by atoms with Gasteiger partial charge in [0.1, 0.15) is 5.69 Å². The van der Waals surface area contributed by atoms with E-state index in [4.69, 9.17) is 0 Å². The first-order valence-corrected chi connectivity index (χ1v) is 9.40. The van der Waals surface area contributed by atoms with Gasteiger partial charge in [0.25, 0.3) is 5.91 Å². The van der Waals surface area contributed by atoms with Crippen LogP contribution in [-0.4, -0.2) is 59.0 Å². The number of aromatic amines is 1. The highest BCUT2D eigenvalue weighted by Crippen LogP contribution is 2.41. The molecule has 1 spiro atoms. The van der Waals surface area contributed by atoms with Crippen LogP contribution in [0.3, 0.4) is 0 Å². The molecular formula is C18H17BrF3N3O2. The third-order valence-corrected chi connectivity index (χ3v) is 6.00. The summed E-state index contributed by atoms with van der Waals surface area (Å²) in [5, 5.41) is 0.932. The molecule has 144 valence electrons. The number of aromatic nitrogens is 1. The van der Waals surface area contributed by atoms with Gasteiger partial charge in [-0.25, -0.2) is 0 Å². The maximum Gasteiger partial charge on any atom is 0.471 e. The molecule has 1 N–H and O–H groups in total. The number of nitrogens with zero attached hydrogens (tertiary/aromatic N) is 2. The molecule has 2 aromatic rings. The number of carbonyl (C=O) groups is 2. The molecule has 0 radical (unpaired) electrons. The highest BCUT2D eigenvalue weighted by Gasteiger charge is 2.50. The van der Waals surface area contributed by atoms with Gasteiger partial charge in [0, 0.05) is 47.0 Å². The monoisotopic (exact) mass is 443 g/mol. The second-order valence-electron chi connectivity index (χ2n) is 7.37. The fraction of sp³-hybridized carbons (Fsp3) is 0.444. The highest BCUT2D eigenvalue weighted by atomic mass is 79.9. The Morgan fingerprint density at radius 1 is 1.07 bits per heavy atom. The summed E-state index contributed by atoms with van der Waals surface area (Å²) >= 11 is 3.40. The Labute approximate surface area is 161 Å². The number of halogens is 4. The van der Waals surface area contributed by atoms with Crippen LogP contribution in [-0.2, 0) is 4.79 Å². The van der Waals surface area contributed by atoms with E-state index >= 15 is 0 Å². The number of hydrogen-bond donors (Lipinski definition) is 1. The molecule has 2 saturated heterocycles. The summed E-state index contributed by atoms with van der Waals surface area (Å²) in [6, 6.07) is 7.51. The molecule has 0 saturated carbocycles. The zero-order valence-corrected chi connectivity index (χ0v) is 15.9. The molecule has 2 aliphatic rings. The van der Waals surface area contributed by atoms with E-state index in [-0.39, 0.29) is 24.4 Å². The largest absolute Gasteiger partial charge is 0.471 e. The van der Waals surface area contributed by atoms with Crippen molar-refractivity contribution in [1.82, 2.24) is 14.8 Å². The lowest BCUT2D eigenvalue weighted by Gasteiger charge is -2.53. The van der Waals surface area contributed by atoms with E-state index in [1.807, 2.05) is 18.2 Å². The van der Waals surface area contributed by atoms with Gasteiger partial charge < -0.3 is 14.8 Å². The average molecular weight is 444 g/mol. The van der Waals surface area contributed by atoms with Crippen LogP contribution in [0, 0.1) is 5.41 Å². The number of carbonyl (C=O) groups excluding carboxylic acids is 2. The van der Waals surface area contributed by atoms with E-state index in [1.165, 1.54) is 0 Å². The number of alkyl halides is 3. The standard InChI is InChI=1S/C18H17BrF3N3O2/c19-12-1-2-13-11(7-12)8-14(23-13)15(26)25-9-17(10-25)3-5-24(6-4-17)16(27)18(20,21)22/h1-2,7-8,23H,3-6,9-10H2. The minimum absolute atomic E-state index is 0.0841. The molecule has 1 aromatic heterocycles. The van der Waals surface area contributed by atoms with Crippen molar-refractivity contribution in [2.45, 2.75) is 19.0 Å². The van der Waals surface area contributed by atoms with Gasteiger partial charge in [-0.1, -0.05) is 15.9 Å². The van der Waals surface area contributed by atoms with Crippen molar-refractivity contribution in [3.8, 4) is 0 Å². The van der Waals surface area contributed by atoms with Crippen molar-refractivity contribution < 1.29 is 22.8 Å². The third kappa shape index (κ3) is 3.33. The van der Waals surface area contributed by atoms with Crippen molar-refractivity contribution in [2.24, 2.45) is 5.41 Å². The molecule has 0 unspecified atom stereocenters. The van der Waals surface area contributed by atoms with Crippen LogP contribution in [0.15, 0.2) is 28.7 Å². The number of piperidine rings is 1. The lowest BCUT2D eigenvalue weighted by molar-refractivity contribution is -0.188. The summed E-state index contributed by atoms with van der Waals surface area (Å²) in [6.07, 6.45) is -3.85. The number of nitrogens with one attached hydrogen (secondary N) is 1. The summed E-state index contributed by atoms with van der Waals surface area (Å²) in [5.74, 6) is -1.88. The van der Waals surface area contributed by atoms with E-state index in [2.05, 4.69) is 20.9 Å². The predicted octanol–water partition coefficient (Wildman–Crippen LogP) is 3.56. The molecule has 0 atom stereocenters. The minimum atomic E-state index is -4.82. The highest BCUT2D eigenvalue weighted by molar-refractivity contribution is 9.10. The smallest absolute Gasteiger partial charge is 0.351 e. The molecule has 3 heterocycles. The number of likely N-dealkylation sites (tertiary alicyclic amines) is 2. The number of hydrogen-bond acceptors (Lipinski definition) is 2. The van der Waals surface area contributed by atoms with Gasteiger partial charge in [0.05, 0.1) is 0 Å². The second kappa shape index (κ2) is 6.25. The van der Waals surface area contributed by atoms with Gasteiger partial charge in [-0.3, -0.25) is 9.59 Å². The molecule has 0 aliphatic carbocycles. The van der Waals surface area contributed by atoms with Crippen LogP contribution in [0.4, 0.5) is 13.2 Å². The van der Waals surface area contributed by atoms with Crippen LogP contribution in [0.5, 0.6) is 0 Å². The van der Waals surface area contributed by atoms with Gasteiger partial charge in [0.15, 0.2) is 0 Å². The van der Waals surface area contributed by atoms with E-state index in [0.29, 0.717) is 31.6 Å². The Morgan fingerprint density at radius 3 is 2.37 bits per heavy atom. The zero-order valence-electron chi connectivity index (χ0n) is 14.3. The number of amides is 2. The van der Waals surface area contributed by atoms with Gasteiger partial charge in [-0.05, 0) is 37.1 Å². The van der Waals surface area contributed by atoms with Crippen molar-refractivity contribution in [3.05, 3.63) is 34.4 Å². The first kappa shape index (κ1) is 18.3. The van der Waals surface area contributed by atoms with Gasteiger partial charge in [-0.15, -0.1) is 0 Å². The van der Waals surface area contributed by atoms with Crippen molar-refractivity contribution in [1.29, 1.82) is 0 Å². The van der Waals surface area contributed by atoms with Crippen LogP contribution in [0.1, 0.15) is 23.3 Å². The maximum atomic E-state index is 12.7. The Hall–Kier alpha value is -2.03. The molecule has 2 fully saturated rings. The van der Waals surface area contributed by atoms with E-state index in [0.717, 1.165) is 20.3 Å². The van der Waals surface area contributed by atoms with Crippen LogP contribution in [0.25, 0.3) is 10.9 Å². The predicted molar refractivity (Wildman–Crippen MR) is 96.2 cm³/mol. The number of rotatable bonds is 1. The summed E-state index contributed by atoms with van der Waals surface area (Å²) < 4.78 is 38.5. The maximum absolute atomic E-state index is 12.7. The first-order chi connectivity index (χ1) is 12.7. The fourth-order valence-electron chi connectivity index (χ4n) is 3.98. The molecule has 2 aliphatic heterocycles. The minimum Gasteiger partial charge on any atom is -0.351 e. The third-order valence-electron chi connectivity index (χ3n) is 5.51. The first-order valence-electron chi connectivity index (χ1n) is 8.61. The van der Waals surface area contributed by atoms with Crippen molar-refractivity contribution >= 4 is 38.6 Å². The SMILES string of the molecule is O=C(c1cc2cc(Br)ccc2[nH]1)N1CC2(CCN(C(=O)C(F)(F)F)CC2)C1. The Balaban J connectivity index is 1.38. The molecule has 27 heavy (non-hydrogen) atoms. The molecule has 1 aromatic carbocycles. The molecule has 0 bridgehead atoms. The summed E-state index contributed by atoms with van der Waals surface area (Å²) in [5.41, 5.74) is 1.20. The van der Waals surface area contributed by atoms with Crippen LogP contribution < -0.4 is 0 Å². The topological polar surface area (TPSA) is 56.4 Å². The fourth-order valence-corrected chi connectivity index (χ4v) is 4.35. The molecule has 4 rings (SSSR count). The van der Waals surface area contributed by atoms with Gasteiger partial charge >= 0.3 is 12.1 Å². The van der Waals surface area contributed by atoms with E-state index < -0.39 is 12.1 Å². The van der Waals surface area contributed by atoms with Crippen molar-refractivity contribution in [2.75, 3.05) is 26.2 Å². The molecular weight excluding hydrogens is 427 g/mol. The number of benzene rings is 1. The molecule has 2 amide bonds. The van der Waals surface area contributed by atoms with E-state index in [9.17, 15) is 22.8 Å². The van der Waals surface area contributed by atoms with Gasteiger partial charge in [-0.2, -0.15) is 13.2 Å². The average Bonchev–Trinajstić information content (AvgIpc) is 3.01. The van der Waals surface area contributed by atoms with Crippen LogP contribution in [0.2, 0.25) is 0 Å². The summed E-state index contributed by atoms with van der Waals surface area (Å²) in [4.78, 5) is 29.7. The van der Waals surface area contributed by atoms with Gasteiger partial charge in [0.2, 0.25) is 0 Å². The quantitative estimate of drug-likeness (QED) is 0.732. The van der Waals surface area contributed by atoms with Crippen molar-refractivity contribution in [3.63, 3.8) is 0 Å². The Morgan fingerprint density at radius 2 is 1.74 bits per heavy atom. The lowest BCUT2D eigenvalue weighted by Crippen LogP contribution is -2.62. The number of H-pyrrole nitrogens is 1. The zero-order chi connectivity index (χ0) is 19.4. The lowest BCUT2D eigenvalue weighted by atomic mass is 9.72. The normalized spacial score (nSPS) is 19.4. The molecule has 9 heteroatoms. The van der Waals surface area contributed by atoms with Crippen LogP contribution >= 0.6 is 15.9 Å².